The number of carbonyl (C=O) groups is 1. The summed E-state index contributed by atoms with van der Waals surface area (Å²) in [6.07, 6.45) is 0.546. The Labute approximate surface area is 48.5 Å². The second kappa shape index (κ2) is 3.07. The second-order valence-electron chi connectivity index (χ2n) is 1.25. The van der Waals surface area contributed by atoms with Crippen LogP contribution in [0, 0.1) is 7.05 Å². The topological polar surface area (TPSA) is 29.5 Å². The standard InChI is InChI=1S/C5H8NO2/c1-4-8-5(7)6(2)3/h4H,1-2H2,3H3/q-1. The van der Waals surface area contributed by atoms with Crippen LogP contribution in [0.15, 0.2) is 12.8 Å². The third kappa shape index (κ3) is 2.23. The molecule has 0 rings (SSSR count). The summed E-state index contributed by atoms with van der Waals surface area (Å²) in [6, 6.07) is 0. The minimum atomic E-state index is -0.514. The summed E-state index contributed by atoms with van der Waals surface area (Å²) in [7, 11) is 4.76. The van der Waals surface area contributed by atoms with Gasteiger partial charge in [-0.2, -0.15) is 0 Å². The van der Waals surface area contributed by atoms with Crippen molar-refractivity contribution < 1.29 is 9.53 Å². The largest absolute Gasteiger partial charge is 0.462 e. The molecular weight excluding hydrogens is 106 g/mol. The van der Waals surface area contributed by atoms with Crippen molar-refractivity contribution in [1.29, 1.82) is 0 Å². The molecule has 0 aromatic carbocycles. The highest BCUT2D eigenvalue weighted by Gasteiger charge is 1.92. The molecule has 46 valence electrons. The number of amides is 1. The van der Waals surface area contributed by atoms with Crippen molar-refractivity contribution in [1.82, 2.24) is 4.90 Å². The number of hydrogen-bond donors (Lipinski definition) is 0. The maximum Gasteiger partial charge on any atom is 0.384 e. The van der Waals surface area contributed by atoms with Crippen molar-refractivity contribution in [2.75, 3.05) is 7.05 Å². The lowest BCUT2D eigenvalue weighted by atomic mass is 10.9. The van der Waals surface area contributed by atoms with E-state index in [4.69, 9.17) is 0 Å². The molecule has 0 saturated carbocycles. The molecule has 0 saturated heterocycles. The smallest absolute Gasteiger partial charge is 0.384 e. The quantitative estimate of drug-likeness (QED) is 0.376. The molecule has 0 atom stereocenters. The minimum Gasteiger partial charge on any atom is -0.462 e. The molecule has 0 aromatic heterocycles. The third-order valence-electron chi connectivity index (χ3n) is 0.496. The molecule has 0 radical (unpaired) electrons. The molecule has 0 aliphatic heterocycles. The molecule has 1 amide bonds. The molecule has 0 spiro atoms. The predicted octanol–water partition coefficient (Wildman–Crippen LogP) is 0.990. The van der Waals surface area contributed by atoms with E-state index in [1.54, 1.807) is 0 Å². The van der Waals surface area contributed by atoms with Crippen molar-refractivity contribution in [3.8, 4) is 0 Å². The molecule has 0 bridgehead atoms. The van der Waals surface area contributed by atoms with Crippen molar-refractivity contribution in [3.63, 3.8) is 0 Å². The summed E-state index contributed by atoms with van der Waals surface area (Å²) in [4.78, 5) is 11.4. The molecule has 0 unspecified atom stereocenters. The molecule has 0 N–H and O–H groups in total. The van der Waals surface area contributed by atoms with Crippen LogP contribution in [0.25, 0.3) is 0 Å². The fraction of sp³-hybridized carbons (Fsp3) is 0.200. The summed E-state index contributed by atoms with van der Waals surface area (Å²) in [5, 5.41) is 0. The van der Waals surface area contributed by atoms with E-state index in [0.29, 0.717) is 0 Å². The molecule has 8 heavy (non-hydrogen) atoms. The summed E-state index contributed by atoms with van der Waals surface area (Å²) in [6.45, 7) is 3.19. The lowest BCUT2D eigenvalue weighted by molar-refractivity contribution is 0.161. The minimum absolute atomic E-state index is 0.514. The fourth-order valence-corrected chi connectivity index (χ4v) is 0.161. The Morgan fingerprint density at radius 3 is 2.62 bits per heavy atom. The first-order valence-electron chi connectivity index (χ1n) is 2.04. The zero-order valence-corrected chi connectivity index (χ0v) is 4.76. The Bertz CT molecular complexity index is 98.6. The highest BCUT2D eigenvalue weighted by Crippen LogP contribution is 1.84. The van der Waals surface area contributed by atoms with Gasteiger partial charge in [0.1, 0.15) is 0 Å². The monoisotopic (exact) mass is 114 g/mol. The SMILES string of the molecule is C=COC(=O)N([CH2-])C. The number of rotatable bonds is 1. The van der Waals surface area contributed by atoms with Gasteiger partial charge in [0.05, 0.1) is 6.26 Å². The van der Waals surface area contributed by atoms with Crippen molar-refractivity contribution in [2.45, 2.75) is 0 Å². The molecule has 3 heteroatoms. The van der Waals surface area contributed by atoms with Crippen LogP contribution >= 0.6 is 0 Å². The first kappa shape index (κ1) is 7.01. The fourth-order valence-electron chi connectivity index (χ4n) is 0.161. The van der Waals surface area contributed by atoms with Crippen molar-refractivity contribution in [2.24, 2.45) is 0 Å². The van der Waals surface area contributed by atoms with Gasteiger partial charge in [-0.1, -0.05) is 6.58 Å². The molecule has 0 aliphatic rings. The van der Waals surface area contributed by atoms with Gasteiger partial charge >= 0.3 is 6.09 Å². The van der Waals surface area contributed by atoms with Gasteiger partial charge in [-0.25, -0.2) is 11.8 Å². The van der Waals surface area contributed by atoms with Gasteiger partial charge in [0.15, 0.2) is 0 Å². The van der Waals surface area contributed by atoms with Gasteiger partial charge in [-0.15, -0.1) is 0 Å². The third-order valence-corrected chi connectivity index (χ3v) is 0.496. The number of ether oxygens (including phenoxy) is 1. The summed E-state index contributed by atoms with van der Waals surface area (Å²) in [5.74, 6) is 0. The van der Waals surface area contributed by atoms with Gasteiger partial charge < -0.3 is 9.64 Å². The summed E-state index contributed by atoms with van der Waals surface area (Å²) in [5.41, 5.74) is 0. The summed E-state index contributed by atoms with van der Waals surface area (Å²) >= 11 is 0. The molecule has 0 fully saturated rings. The highest BCUT2D eigenvalue weighted by molar-refractivity contribution is 5.67. The Morgan fingerprint density at radius 1 is 2.00 bits per heavy atom. The van der Waals surface area contributed by atoms with E-state index in [1.165, 1.54) is 7.05 Å². The Hall–Kier alpha value is -0.990. The van der Waals surface area contributed by atoms with E-state index in [9.17, 15) is 4.79 Å². The maximum absolute atomic E-state index is 10.3. The van der Waals surface area contributed by atoms with Crippen molar-refractivity contribution in [3.05, 3.63) is 19.9 Å². The van der Waals surface area contributed by atoms with Gasteiger partial charge in [0.25, 0.3) is 0 Å². The molecule has 0 aromatic rings. The molecule has 0 aliphatic carbocycles. The van der Waals surface area contributed by atoms with Crippen LogP contribution in [0.5, 0.6) is 0 Å². The molecular formula is C5H8NO2-. The van der Waals surface area contributed by atoms with Gasteiger partial charge in [0, 0.05) is 0 Å². The second-order valence-corrected chi connectivity index (χ2v) is 1.25. The van der Waals surface area contributed by atoms with Crippen LogP contribution in [-0.4, -0.2) is 18.0 Å². The van der Waals surface area contributed by atoms with Crippen LogP contribution < -0.4 is 0 Å². The van der Waals surface area contributed by atoms with Crippen LogP contribution in [0.4, 0.5) is 4.79 Å². The van der Waals surface area contributed by atoms with Gasteiger partial charge in [-0.3, -0.25) is 0 Å². The normalized spacial score (nSPS) is 7.75. The lowest BCUT2D eigenvalue weighted by Gasteiger charge is -2.15. The van der Waals surface area contributed by atoms with Gasteiger partial charge in [-0.05, 0) is 7.05 Å². The van der Waals surface area contributed by atoms with E-state index < -0.39 is 6.09 Å². The van der Waals surface area contributed by atoms with Crippen molar-refractivity contribution >= 4 is 6.09 Å². The maximum atomic E-state index is 10.3. The lowest BCUT2D eigenvalue weighted by Crippen LogP contribution is -2.18. The number of hydrogen-bond acceptors (Lipinski definition) is 2. The number of nitrogens with zero attached hydrogens (tertiary/aromatic N) is 1. The Morgan fingerprint density at radius 2 is 2.50 bits per heavy atom. The van der Waals surface area contributed by atoms with E-state index in [-0.39, 0.29) is 0 Å². The van der Waals surface area contributed by atoms with E-state index in [2.05, 4.69) is 18.4 Å². The zero-order chi connectivity index (χ0) is 6.57. The number of carbonyl (C=O) groups excluding carboxylic acids is 1. The highest BCUT2D eigenvalue weighted by atomic mass is 16.5. The summed E-state index contributed by atoms with van der Waals surface area (Å²) < 4.78 is 4.29. The Balaban J connectivity index is 3.48. The van der Waals surface area contributed by atoms with Crippen LogP contribution in [0.3, 0.4) is 0 Å². The van der Waals surface area contributed by atoms with Crippen LogP contribution in [-0.2, 0) is 4.74 Å². The average Bonchev–Trinajstić information content (AvgIpc) is 1.67. The van der Waals surface area contributed by atoms with Crippen LogP contribution in [0.1, 0.15) is 0 Å². The predicted molar refractivity (Wildman–Crippen MR) is 29.8 cm³/mol. The molecule has 0 heterocycles. The van der Waals surface area contributed by atoms with E-state index in [1.807, 2.05) is 0 Å². The van der Waals surface area contributed by atoms with Crippen LogP contribution in [0.2, 0.25) is 0 Å². The van der Waals surface area contributed by atoms with E-state index >= 15 is 0 Å². The first-order valence-corrected chi connectivity index (χ1v) is 2.04. The van der Waals surface area contributed by atoms with Gasteiger partial charge in [0.2, 0.25) is 0 Å². The average molecular weight is 114 g/mol. The zero-order valence-electron chi connectivity index (χ0n) is 4.76. The first-order chi connectivity index (χ1) is 3.68. The molecule has 3 nitrogen and oxygen atoms in total. The van der Waals surface area contributed by atoms with E-state index in [0.717, 1.165) is 11.2 Å². The Kier molecular flexibility index (Phi) is 2.69.